The summed E-state index contributed by atoms with van der Waals surface area (Å²) in [6, 6.07) is 0.0554. The highest BCUT2D eigenvalue weighted by molar-refractivity contribution is 5.81. The third kappa shape index (κ3) is 6.95. The lowest BCUT2D eigenvalue weighted by molar-refractivity contribution is -0.122. The smallest absolute Gasteiger partial charge is 0.237 e. The second-order valence-electron chi connectivity index (χ2n) is 3.97. The molecule has 0 fully saturated rings. The van der Waals surface area contributed by atoms with E-state index in [9.17, 15) is 4.79 Å². The lowest BCUT2D eigenvalue weighted by atomic mass is 10.2. The first-order valence-electron chi connectivity index (χ1n) is 5.09. The van der Waals surface area contributed by atoms with Gasteiger partial charge < -0.3 is 15.5 Å². The van der Waals surface area contributed by atoms with Gasteiger partial charge in [-0.15, -0.1) is 6.42 Å². The first kappa shape index (κ1) is 13.9. The molecule has 0 bridgehead atoms. The third-order valence-corrected chi connectivity index (χ3v) is 1.93. The summed E-state index contributed by atoms with van der Waals surface area (Å²) in [6.45, 7) is 5.06. The molecule has 4 nitrogen and oxygen atoms in total. The molecule has 0 aliphatic heterocycles. The van der Waals surface area contributed by atoms with Crippen LogP contribution in [0.2, 0.25) is 0 Å². The SMILES string of the molecule is C#CCNC(=O)C(C)NC(C)CN(C)C. The van der Waals surface area contributed by atoms with Crippen LogP contribution in [0.25, 0.3) is 0 Å². The number of likely N-dealkylation sites (N-methyl/N-ethyl adjacent to an activating group) is 1. The van der Waals surface area contributed by atoms with Gasteiger partial charge in [0.05, 0.1) is 12.6 Å². The molecule has 2 N–H and O–H groups in total. The zero-order valence-corrected chi connectivity index (χ0v) is 10.0. The lowest BCUT2D eigenvalue weighted by Crippen LogP contribution is -2.48. The first-order valence-corrected chi connectivity index (χ1v) is 5.09. The number of terminal acetylenes is 1. The van der Waals surface area contributed by atoms with E-state index in [2.05, 4.69) is 21.5 Å². The molecule has 2 atom stereocenters. The zero-order valence-electron chi connectivity index (χ0n) is 10.0. The van der Waals surface area contributed by atoms with Crippen molar-refractivity contribution in [1.29, 1.82) is 0 Å². The second kappa shape index (κ2) is 7.27. The number of amides is 1. The number of carbonyl (C=O) groups excluding carboxylic acids is 1. The summed E-state index contributed by atoms with van der Waals surface area (Å²) >= 11 is 0. The maximum atomic E-state index is 11.4. The molecule has 4 heteroatoms. The van der Waals surface area contributed by atoms with Crippen LogP contribution in [-0.2, 0) is 4.79 Å². The van der Waals surface area contributed by atoms with Crippen molar-refractivity contribution in [3.05, 3.63) is 0 Å². The minimum atomic E-state index is -0.215. The second-order valence-corrected chi connectivity index (χ2v) is 3.97. The van der Waals surface area contributed by atoms with E-state index in [1.54, 1.807) is 0 Å². The Hall–Kier alpha value is -1.05. The predicted molar refractivity (Wildman–Crippen MR) is 62.5 cm³/mol. The van der Waals surface area contributed by atoms with E-state index in [1.165, 1.54) is 0 Å². The molecule has 0 spiro atoms. The molecule has 0 saturated heterocycles. The summed E-state index contributed by atoms with van der Waals surface area (Å²) < 4.78 is 0. The number of nitrogens with zero attached hydrogens (tertiary/aromatic N) is 1. The Bertz CT molecular complexity index is 232. The van der Waals surface area contributed by atoms with E-state index in [0.29, 0.717) is 0 Å². The fourth-order valence-electron chi connectivity index (χ4n) is 1.39. The van der Waals surface area contributed by atoms with Crippen LogP contribution in [0.1, 0.15) is 13.8 Å². The van der Waals surface area contributed by atoms with Crippen LogP contribution < -0.4 is 10.6 Å². The number of nitrogens with one attached hydrogen (secondary N) is 2. The average molecular weight is 211 g/mol. The van der Waals surface area contributed by atoms with E-state index in [1.807, 2.05) is 27.9 Å². The van der Waals surface area contributed by atoms with E-state index in [4.69, 9.17) is 6.42 Å². The maximum absolute atomic E-state index is 11.4. The topological polar surface area (TPSA) is 44.4 Å². The molecule has 1 amide bonds. The van der Waals surface area contributed by atoms with Crippen molar-refractivity contribution in [2.45, 2.75) is 25.9 Å². The summed E-state index contributed by atoms with van der Waals surface area (Å²) in [6.07, 6.45) is 5.05. The molecular weight excluding hydrogens is 190 g/mol. The van der Waals surface area contributed by atoms with Gasteiger partial charge >= 0.3 is 0 Å². The molecule has 0 aromatic carbocycles. The monoisotopic (exact) mass is 211 g/mol. The van der Waals surface area contributed by atoms with Gasteiger partial charge in [0.15, 0.2) is 0 Å². The van der Waals surface area contributed by atoms with Crippen molar-refractivity contribution in [3.63, 3.8) is 0 Å². The van der Waals surface area contributed by atoms with Gasteiger partial charge in [-0.05, 0) is 27.9 Å². The molecule has 2 unspecified atom stereocenters. The minimum Gasteiger partial charge on any atom is -0.344 e. The van der Waals surface area contributed by atoms with Gasteiger partial charge in [-0.25, -0.2) is 0 Å². The van der Waals surface area contributed by atoms with Crippen molar-refractivity contribution >= 4 is 5.91 Å². The fraction of sp³-hybridized carbons (Fsp3) is 0.727. The van der Waals surface area contributed by atoms with E-state index in [-0.39, 0.29) is 24.5 Å². The fourth-order valence-corrected chi connectivity index (χ4v) is 1.39. The van der Waals surface area contributed by atoms with Gasteiger partial charge in [0.2, 0.25) is 5.91 Å². The minimum absolute atomic E-state index is 0.0569. The van der Waals surface area contributed by atoms with Crippen molar-refractivity contribution < 1.29 is 4.79 Å². The van der Waals surface area contributed by atoms with Gasteiger partial charge in [0.25, 0.3) is 0 Å². The summed E-state index contributed by atoms with van der Waals surface area (Å²) in [5.41, 5.74) is 0. The number of rotatable bonds is 6. The Morgan fingerprint density at radius 1 is 1.47 bits per heavy atom. The Morgan fingerprint density at radius 3 is 2.53 bits per heavy atom. The summed E-state index contributed by atoms with van der Waals surface area (Å²) in [4.78, 5) is 13.5. The van der Waals surface area contributed by atoms with Crippen LogP contribution >= 0.6 is 0 Å². The van der Waals surface area contributed by atoms with Crippen LogP contribution in [0.15, 0.2) is 0 Å². The first-order chi connectivity index (χ1) is 6.97. The van der Waals surface area contributed by atoms with Gasteiger partial charge in [-0.1, -0.05) is 5.92 Å². The van der Waals surface area contributed by atoms with E-state index >= 15 is 0 Å². The molecule has 0 heterocycles. The molecule has 0 rings (SSSR count). The van der Waals surface area contributed by atoms with Crippen LogP contribution in [0, 0.1) is 12.3 Å². The predicted octanol–water partition coefficient (Wildman–Crippen LogP) is -0.336. The van der Waals surface area contributed by atoms with Crippen LogP contribution in [-0.4, -0.2) is 50.1 Å². The van der Waals surface area contributed by atoms with Crippen LogP contribution in [0.4, 0.5) is 0 Å². The van der Waals surface area contributed by atoms with Gasteiger partial charge in [-0.3, -0.25) is 4.79 Å². The standard InChI is InChI=1S/C11H21N3O/c1-6-7-12-11(15)10(3)13-9(2)8-14(4)5/h1,9-10,13H,7-8H2,2-5H3,(H,12,15). The van der Waals surface area contributed by atoms with Crippen LogP contribution in [0.5, 0.6) is 0 Å². The molecule has 0 aromatic rings. The molecule has 15 heavy (non-hydrogen) atoms. The van der Waals surface area contributed by atoms with Gasteiger partial charge in [0.1, 0.15) is 0 Å². The molecule has 86 valence electrons. The quantitative estimate of drug-likeness (QED) is 0.591. The molecular formula is C11H21N3O. The van der Waals surface area contributed by atoms with Crippen LogP contribution in [0.3, 0.4) is 0 Å². The summed E-state index contributed by atoms with van der Waals surface area (Å²) in [5, 5.41) is 5.84. The van der Waals surface area contributed by atoms with Crippen molar-refractivity contribution in [3.8, 4) is 12.3 Å². The highest BCUT2D eigenvalue weighted by Crippen LogP contribution is 1.89. The van der Waals surface area contributed by atoms with Crippen molar-refractivity contribution in [2.24, 2.45) is 0 Å². The number of hydrogen-bond acceptors (Lipinski definition) is 3. The normalized spacial score (nSPS) is 14.4. The highest BCUT2D eigenvalue weighted by atomic mass is 16.2. The summed E-state index contributed by atoms with van der Waals surface area (Å²) in [7, 11) is 4.00. The summed E-state index contributed by atoms with van der Waals surface area (Å²) in [5.74, 6) is 2.31. The maximum Gasteiger partial charge on any atom is 0.237 e. The Labute approximate surface area is 92.4 Å². The van der Waals surface area contributed by atoms with E-state index < -0.39 is 0 Å². The molecule has 0 aliphatic carbocycles. The van der Waals surface area contributed by atoms with Gasteiger partial charge in [-0.2, -0.15) is 0 Å². The molecule has 0 aliphatic rings. The molecule has 0 aromatic heterocycles. The molecule has 0 radical (unpaired) electrons. The molecule has 0 saturated carbocycles. The lowest BCUT2D eigenvalue weighted by Gasteiger charge is -2.22. The zero-order chi connectivity index (χ0) is 11.8. The number of hydrogen-bond donors (Lipinski definition) is 2. The van der Waals surface area contributed by atoms with Gasteiger partial charge in [0, 0.05) is 12.6 Å². The Morgan fingerprint density at radius 2 is 2.07 bits per heavy atom. The van der Waals surface area contributed by atoms with E-state index in [0.717, 1.165) is 6.54 Å². The number of carbonyl (C=O) groups is 1. The van der Waals surface area contributed by atoms with Crippen molar-refractivity contribution in [2.75, 3.05) is 27.2 Å². The Balaban J connectivity index is 3.86. The average Bonchev–Trinajstić information content (AvgIpc) is 2.12. The third-order valence-electron chi connectivity index (χ3n) is 1.93. The largest absolute Gasteiger partial charge is 0.344 e. The van der Waals surface area contributed by atoms with Crippen molar-refractivity contribution in [1.82, 2.24) is 15.5 Å². The Kier molecular flexibility index (Phi) is 6.76. The highest BCUT2D eigenvalue weighted by Gasteiger charge is 2.14.